The molecule has 126 valence electrons. The highest BCUT2D eigenvalue weighted by molar-refractivity contribution is 5.82. The van der Waals surface area contributed by atoms with E-state index in [0.717, 1.165) is 6.42 Å². The van der Waals surface area contributed by atoms with Crippen LogP contribution in [0.4, 0.5) is 0 Å². The molecule has 0 N–H and O–H groups in total. The van der Waals surface area contributed by atoms with Crippen molar-refractivity contribution in [2.24, 2.45) is 0 Å². The lowest BCUT2D eigenvalue weighted by Crippen LogP contribution is -1.98. The molecule has 0 unspecified atom stereocenters. The van der Waals surface area contributed by atoms with Crippen LogP contribution < -0.4 is 0 Å². The fourth-order valence-corrected chi connectivity index (χ4v) is 2.20. The second-order valence-corrected chi connectivity index (χ2v) is 5.54. The van der Waals surface area contributed by atoms with Crippen LogP contribution in [0.5, 0.6) is 0 Å². The molecular weight excluding hydrogens is 272 g/mol. The summed E-state index contributed by atoms with van der Waals surface area (Å²) in [6.07, 6.45) is 24.7. The van der Waals surface area contributed by atoms with E-state index in [0.29, 0.717) is 6.61 Å². The van der Waals surface area contributed by atoms with E-state index in [9.17, 15) is 4.79 Å². The molecule has 0 saturated carbocycles. The van der Waals surface area contributed by atoms with Crippen molar-refractivity contribution in [3.63, 3.8) is 0 Å². The molecule has 0 heterocycles. The van der Waals surface area contributed by atoms with Crippen molar-refractivity contribution in [3.8, 4) is 0 Å². The lowest BCUT2D eigenvalue weighted by atomic mass is 10.1. The summed E-state index contributed by atoms with van der Waals surface area (Å²) < 4.78 is 4.78. The maximum Gasteiger partial charge on any atom is 0.330 e. The molecule has 0 aliphatic heterocycles. The predicted molar refractivity (Wildman–Crippen MR) is 95.9 cm³/mol. The molecule has 0 aliphatic carbocycles. The van der Waals surface area contributed by atoms with E-state index in [-0.39, 0.29) is 5.97 Å². The van der Waals surface area contributed by atoms with Gasteiger partial charge in [0.05, 0.1) is 6.61 Å². The van der Waals surface area contributed by atoms with Crippen LogP contribution in [0.3, 0.4) is 0 Å². The van der Waals surface area contributed by atoms with E-state index in [4.69, 9.17) is 4.74 Å². The van der Waals surface area contributed by atoms with Gasteiger partial charge in [-0.05, 0) is 19.8 Å². The van der Waals surface area contributed by atoms with E-state index in [2.05, 4.69) is 13.0 Å². The molecule has 0 fully saturated rings. The Morgan fingerprint density at radius 3 is 2.00 bits per heavy atom. The third kappa shape index (κ3) is 16.7. The predicted octanol–water partition coefficient (Wildman–Crippen LogP) is 6.14. The molecule has 2 nitrogen and oxygen atoms in total. The van der Waals surface area contributed by atoms with Crippen LogP contribution in [0.2, 0.25) is 0 Å². The van der Waals surface area contributed by atoms with Gasteiger partial charge in [0.15, 0.2) is 0 Å². The molecule has 0 aromatic heterocycles. The number of esters is 1. The molecule has 0 radical (unpaired) electrons. The lowest BCUT2D eigenvalue weighted by Gasteiger charge is -2.00. The Balaban J connectivity index is 3.35. The third-order valence-electron chi connectivity index (χ3n) is 3.46. The summed E-state index contributed by atoms with van der Waals surface area (Å²) in [6.45, 7) is 4.49. The summed E-state index contributed by atoms with van der Waals surface area (Å²) in [5, 5.41) is 0. The molecule has 0 aromatic rings. The summed E-state index contributed by atoms with van der Waals surface area (Å²) in [5.41, 5.74) is 0. The van der Waals surface area contributed by atoms with Gasteiger partial charge in [0.25, 0.3) is 0 Å². The van der Waals surface area contributed by atoms with E-state index in [1.54, 1.807) is 13.0 Å². The van der Waals surface area contributed by atoms with Crippen LogP contribution in [0.1, 0.15) is 78.1 Å². The van der Waals surface area contributed by atoms with Gasteiger partial charge in [-0.25, -0.2) is 4.79 Å². The number of unbranched alkanes of at least 4 members (excludes halogenated alkanes) is 9. The Kier molecular flexibility index (Phi) is 16.7. The first-order valence-corrected chi connectivity index (χ1v) is 8.97. The quantitative estimate of drug-likeness (QED) is 0.167. The zero-order chi connectivity index (χ0) is 16.3. The molecule has 0 amide bonds. The molecule has 0 spiro atoms. The van der Waals surface area contributed by atoms with Crippen LogP contribution in [0.25, 0.3) is 0 Å². The van der Waals surface area contributed by atoms with Crippen molar-refractivity contribution in [2.45, 2.75) is 78.1 Å². The monoisotopic (exact) mass is 306 g/mol. The van der Waals surface area contributed by atoms with Gasteiger partial charge in [-0.15, -0.1) is 0 Å². The van der Waals surface area contributed by atoms with E-state index in [1.807, 2.05) is 18.2 Å². The highest BCUT2D eigenvalue weighted by Crippen LogP contribution is 2.10. The Labute approximate surface area is 137 Å². The molecule has 0 saturated heterocycles. The minimum atomic E-state index is -0.286. The van der Waals surface area contributed by atoms with Crippen molar-refractivity contribution in [3.05, 3.63) is 36.5 Å². The van der Waals surface area contributed by atoms with Gasteiger partial charge >= 0.3 is 5.97 Å². The summed E-state index contributed by atoms with van der Waals surface area (Å²) in [5.74, 6) is -0.286. The van der Waals surface area contributed by atoms with Crippen LogP contribution >= 0.6 is 0 Å². The van der Waals surface area contributed by atoms with Crippen LogP contribution in [-0.2, 0) is 9.53 Å². The van der Waals surface area contributed by atoms with E-state index >= 15 is 0 Å². The first-order chi connectivity index (χ1) is 10.8. The highest BCUT2D eigenvalue weighted by atomic mass is 16.5. The average Bonchev–Trinajstić information content (AvgIpc) is 2.51. The molecule has 0 rings (SSSR count). The molecule has 22 heavy (non-hydrogen) atoms. The SMILES string of the molecule is CCCCCCCCCCC/C=C/C=C/C=C/C(=O)OCC. The summed E-state index contributed by atoms with van der Waals surface area (Å²) in [6, 6.07) is 0. The third-order valence-corrected chi connectivity index (χ3v) is 3.46. The zero-order valence-electron chi connectivity index (χ0n) is 14.6. The maximum atomic E-state index is 11.0. The van der Waals surface area contributed by atoms with Crippen molar-refractivity contribution in [1.82, 2.24) is 0 Å². The number of hydrogen-bond donors (Lipinski definition) is 0. The fraction of sp³-hybridized carbons (Fsp3) is 0.650. The summed E-state index contributed by atoms with van der Waals surface area (Å²) in [4.78, 5) is 11.0. The van der Waals surface area contributed by atoms with Gasteiger partial charge in [0, 0.05) is 6.08 Å². The first-order valence-electron chi connectivity index (χ1n) is 8.97. The lowest BCUT2D eigenvalue weighted by molar-refractivity contribution is -0.137. The van der Waals surface area contributed by atoms with Gasteiger partial charge in [0.2, 0.25) is 0 Å². The summed E-state index contributed by atoms with van der Waals surface area (Å²) >= 11 is 0. The van der Waals surface area contributed by atoms with Gasteiger partial charge in [-0.3, -0.25) is 0 Å². The van der Waals surface area contributed by atoms with Crippen molar-refractivity contribution < 1.29 is 9.53 Å². The van der Waals surface area contributed by atoms with Gasteiger partial charge in [0.1, 0.15) is 0 Å². The van der Waals surface area contributed by atoms with E-state index in [1.165, 1.54) is 63.9 Å². The van der Waals surface area contributed by atoms with Crippen molar-refractivity contribution >= 4 is 5.97 Å². The first kappa shape index (κ1) is 20.7. The molecule has 0 atom stereocenters. The van der Waals surface area contributed by atoms with Crippen LogP contribution in [-0.4, -0.2) is 12.6 Å². The van der Waals surface area contributed by atoms with Crippen molar-refractivity contribution in [1.29, 1.82) is 0 Å². The Morgan fingerprint density at radius 1 is 0.773 bits per heavy atom. The average molecular weight is 306 g/mol. The number of rotatable bonds is 14. The molecule has 0 bridgehead atoms. The van der Waals surface area contributed by atoms with Crippen LogP contribution in [0.15, 0.2) is 36.5 Å². The maximum absolute atomic E-state index is 11.0. The zero-order valence-corrected chi connectivity index (χ0v) is 14.6. The molecule has 2 heteroatoms. The smallest absolute Gasteiger partial charge is 0.330 e. The fourth-order valence-electron chi connectivity index (χ4n) is 2.20. The van der Waals surface area contributed by atoms with Gasteiger partial charge in [-0.2, -0.15) is 0 Å². The summed E-state index contributed by atoms with van der Waals surface area (Å²) in [7, 11) is 0. The number of carbonyl (C=O) groups is 1. The number of allylic oxidation sites excluding steroid dienone is 5. The minimum Gasteiger partial charge on any atom is -0.463 e. The molecule has 0 aliphatic rings. The molecular formula is C20H34O2. The number of hydrogen-bond acceptors (Lipinski definition) is 2. The molecule has 0 aromatic carbocycles. The highest BCUT2D eigenvalue weighted by Gasteiger charge is 1.91. The van der Waals surface area contributed by atoms with Crippen LogP contribution in [0, 0.1) is 0 Å². The second-order valence-electron chi connectivity index (χ2n) is 5.54. The standard InChI is InChI=1S/C20H34O2/c1-3-5-6-7-8-9-10-11-12-13-14-15-16-17-18-19-20(21)22-4-2/h14-19H,3-13H2,1-2H3/b15-14+,17-16+,19-18+. The Hall–Kier alpha value is -1.31. The topological polar surface area (TPSA) is 26.3 Å². The van der Waals surface area contributed by atoms with Gasteiger partial charge in [-0.1, -0.05) is 88.7 Å². The number of ether oxygens (including phenoxy) is 1. The second kappa shape index (κ2) is 17.7. The minimum absolute atomic E-state index is 0.286. The van der Waals surface area contributed by atoms with Gasteiger partial charge < -0.3 is 4.74 Å². The van der Waals surface area contributed by atoms with Crippen molar-refractivity contribution in [2.75, 3.05) is 6.61 Å². The Morgan fingerprint density at radius 2 is 1.36 bits per heavy atom. The number of carbonyl (C=O) groups excluding carboxylic acids is 1. The Bertz CT molecular complexity index is 327. The normalized spacial score (nSPS) is 11.9. The van der Waals surface area contributed by atoms with E-state index < -0.39 is 0 Å². The largest absolute Gasteiger partial charge is 0.463 e.